The number of hydrogen-bond donors (Lipinski definition) is 2. The lowest BCUT2D eigenvalue weighted by atomic mass is 9.78. The van der Waals surface area contributed by atoms with Crippen LogP contribution in [0, 0.1) is 22.7 Å². The van der Waals surface area contributed by atoms with Gasteiger partial charge in [-0.2, -0.15) is 10.5 Å². The minimum absolute atomic E-state index is 0. The number of halogens is 1. The number of aromatic nitrogens is 4. The number of hydrogen-bond acceptors (Lipinski definition) is 10. The van der Waals surface area contributed by atoms with Crippen LogP contribution in [0.4, 0.5) is 11.4 Å². The molecule has 1 aliphatic rings. The van der Waals surface area contributed by atoms with Gasteiger partial charge in [0.05, 0.1) is 55.8 Å². The van der Waals surface area contributed by atoms with Gasteiger partial charge < -0.3 is 19.9 Å². The maximum absolute atomic E-state index is 9.73. The van der Waals surface area contributed by atoms with Crippen molar-refractivity contribution in [1.29, 1.82) is 10.5 Å². The molecule has 1 fully saturated rings. The molecule has 0 amide bonds. The Balaban J connectivity index is 0.000000159. The van der Waals surface area contributed by atoms with E-state index in [9.17, 15) is 10.5 Å². The third kappa shape index (κ3) is 11.4. The highest BCUT2D eigenvalue weighted by Gasteiger charge is 2.51. The predicted molar refractivity (Wildman–Crippen MR) is 303 cm³/mol. The number of nitrogens with zero attached hydrogens (tertiary/aromatic N) is 6. The first-order chi connectivity index (χ1) is 34.8. The smallest absolute Gasteiger partial charge is 0.399 e. The summed E-state index contributed by atoms with van der Waals surface area (Å²) in [7, 11) is -0.468. The van der Waals surface area contributed by atoms with Gasteiger partial charge >= 0.3 is 7.12 Å². The fourth-order valence-corrected chi connectivity index (χ4v) is 8.89. The average molecular weight is 1020 g/mol. The molecule has 1 aliphatic heterocycles. The Hall–Kier alpha value is -8.00. The Morgan fingerprint density at radius 2 is 0.959 bits per heavy atom. The molecule has 5 heterocycles. The highest BCUT2D eigenvalue weighted by molar-refractivity contribution is 9.10. The largest absolute Gasteiger partial charge is 0.494 e. The second-order valence-electron chi connectivity index (χ2n) is 18.7. The van der Waals surface area contributed by atoms with Gasteiger partial charge in [-0.1, -0.05) is 123 Å². The van der Waals surface area contributed by atoms with Crippen molar-refractivity contribution in [2.24, 2.45) is 0 Å². The Morgan fingerprint density at radius 1 is 0.507 bits per heavy atom. The number of anilines is 2. The number of nitriles is 2. The standard InChI is InChI=1S/C27H20N4.C24H26BN3O2.C9H6BrN.CH4/c1-18(19-7-3-2-4-8-19)31-27-23(15-28)17-30-26-12-11-20(14-24(26)27)22-13-21-9-5-6-10-25(21)29-16-22;1-16(17-9-7-6-8-10-17)28-22-18(14-26)15-27-21-12-11-19(13-20(21)22)25-29-23(2,3)24(4,5)30-25;10-8-5-7-3-1-2-4-9(7)11-6-8;/h2-14,16-18H,1H3,(H,30,31);6-13,15-16H,1-5H3,(H,27,28);1-6H;1H4. The first kappa shape index (κ1) is 51.4. The number of para-hydroxylation sites is 2. The second-order valence-corrected chi connectivity index (χ2v) is 19.6. The lowest BCUT2D eigenvalue weighted by Crippen LogP contribution is -2.41. The summed E-state index contributed by atoms with van der Waals surface area (Å²) in [5.41, 5.74) is 10.8. The van der Waals surface area contributed by atoms with Gasteiger partial charge in [-0.05, 0) is 122 Å². The summed E-state index contributed by atoms with van der Waals surface area (Å²) in [6.07, 6.45) is 6.96. The SMILES string of the molecule is Brc1cnc2ccccc2c1.C.CC(Nc1c(C#N)cnc2ccc(-c3cnc4ccccc4c3)cc12)c1ccccc1.CC(Nc1c(C#N)cnc2ccc(B3OC(C)(C)C(C)(C)O3)cc12)c1ccccc1. The van der Waals surface area contributed by atoms with Gasteiger partial charge in [-0.25, -0.2) is 0 Å². The number of benzene rings is 6. The van der Waals surface area contributed by atoms with Crippen LogP contribution in [-0.2, 0) is 9.31 Å². The average Bonchev–Trinajstić information content (AvgIpc) is 3.64. The molecule has 11 rings (SSSR count). The van der Waals surface area contributed by atoms with Crippen LogP contribution in [0.25, 0.3) is 54.7 Å². The zero-order valence-corrected chi connectivity index (χ0v) is 42.5. The minimum Gasteiger partial charge on any atom is -0.399 e. The normalized spacial score (nSPS) is 14.1. The lowest BCUT2D eigenvalue weighted by molar-refractivity contribution is 0.00578. The van der Waals surface area contributed by atoms with Gasteiger partial charge in [-0.15, -0.1) is 0 Å². The molecule has 0 saturated carbocycles. The summed E-state index contributed by atoms with van der Waals surface area (Å²) in [4.78, 5) is 17.8. The number of pyridine rings is 4. The van der Waals surface area contributed by atoms with E-state index >= 15 is 0 Å². The van der Waals surface area contributed by atoms with Crippen LogP contribution >= 0.6 is 15.9 Å². The molecule has 73 heavy (non-hydrogen) atoms. The number of nitrogens with one attached hydrogen (secondary N) is 2. The van der Waals surface area contributed by atoms with Crippen LogP contribution in [-0.4, -0.2) is 38.3 Å². The zero-order valence-electron chi connectivity index (χ0n) is 40.9. The van der Waals surface area contributed by atoms with Gasteiger partial charge in [0.15, 0.2) is 0 Å². The van der Waals surface area contributed by atoms with Crippen LogP contribution in [0.1, 0.15) is 83.3 Å². The Labute approximate surface area is 436 Å². The van der Waals surface area contributed by atoms with E-state index in [4.69, 9.17) is 9.31 Å². The van der Waals surface area contributed by atoms with E-state index in [1.165, 1.54) is 5.39 Å². The van der Waals surface area contributed by atoms with Crippen molar-refractivity contribution in [3.05, 3.63) is 209 Å². The van der Waals surface area contributed by atoms with E-state index in [1.54, 1.807) is 12.4 Å². The van der Waals surface area contributed by atoms with Gasteiger partial charge in [-0.3, -0.25) is 19.9 Å². The van der Waals surface area contributed by atoms with Crippen LogP contribution < -0.4 is 16.1 Å². The Kier molecular flexibility index (Phi) is 15.6. The molecule has 2 N–H and O–H groups in total. The summed E-state index contributed by atoms with van der Waals surface area (Å²) in [6, 6.07) is 57.5. The fourth-order valence-electron chi connectivity index (χ4n) is 8.54. The van der Waals surface area contributed by atoms with E-state index in [1.807, 2.05) is 143 Å². The summed E-state index contributed by atoms with van der Waals surface area (Å²) in [5, 5.41) is 30.6. The molecule has 1 saturated heterocycles. The summed E-state index contributed by atoms with van der Waals surface area (Å²) in [5.74, 6) is 0. The van der Waals surface area contributed by atoms with Crippen molar-refractivity contribution < 1.29 is 9.31 Å². The molecule has 10 nitrogen and oxygen atoms in total. The van der Waals surface area contributed by atoms with E-state index in [2.05, 4.69) is 127 Å². The molecular formula is C61H56BBrN8O2. The molecule has 12 heteroatoms. The molecule has 2 unspecified atom stereocenters. The maximum atomic E-state index is 9.73. The second kappa shape index (κ2) is 22.2. The fraction of sp³-hybridized carbons (Fsp3) is 0.180. The Morgan fingerprint density at radius 3 is 1.49 bits per heavy atom. The van der Waals surface area contributed by atoms with Gasteiger partial charge in [0.25, 0.3) is 0 Å². The highest BCUT2D eigenvalue weighted by Crippen LogP contribution is 2.38. The van der Waals surface area contributed by atoms with Crippen molar-refractivity contribution in [1.82, 2.24) is 19.9 Å². The molecule has 2 atom stereocenters. The lowest BCUT2D eigenvalue weighted by Gasteiger charge is -2.32. The van der Waals surface area contributed by atoms with E-state index in [0.29, 0.717) is 11.1 Å². The Bertz CT molecular complexity index is 3640. The monoisotopic (exact) mass is 1020 g/mol. The van der Waals surface area contributed by atoms with Crippen molar-refractivity contribution in [2.45, 2.75) is 72.3 Å². The third-order valence-corrected chi connectivity index (χ3v) is 13.8. The summed E-state index contributed by atoms with van der Waals surface area (Å²) in [6.45, 7) is 12.3. The molecule has 6 aromatic carbocycles. The number of rotatable bonds is 8. The molecule has 4 aromatic heterocycles. The predicted octanol–water partition coefficient (Wildman–Crippen LogP) is 14.7. The topological polar surface area (TPSA) is 142 Å². The van der Waals surface area contributed by atoms with Crippen LogP contribution in [0.3, 0.4) is 0 Å². The first-order valence-electron chi connectivity index (χ1n) is 23.8. The van der Waals surface area contributed by atoms with Crippen molar-refractivity contribution >= 4 is 83.5 Å². The molecule has 0 radical (unpaired) electrons. The highest BCUT2D eigenvalue weighted by atomic mass is 79.9. The van der Waals surface area contributed by atoms with E-state index < -0.39 is 18.3 Å². The third-order valence-electron chi connectivity index (χ3n) is 13.3. The molecular weight excluding hydrogens is 967 g/mol. The number of fused-ring (bicyclic) bond motifs is 4. The molecule has 10 aromatic rings. The van der Waals surface area contributed by atoms with Crippen molar-refractivity contribution in [3.63, 3.8) is 0 Å². The molecule has 0 aliphatic carbocycles. The zero-order chi connectivity index (χ0) is 50.4. The maximum Gasteiger partial charge on any atom is 0.494 e. The van der Waals surface area contributed by atoms with Crippen molar-refractivity contribution in [3.8, 4) is 23.3 Å². The molecule has 362 valence electrons. The first-order valence-corrected chi connectivity index (χ1v) is 24.6. The summed E-state index contributed by atoms with van der Waals surface area (Å²) < 4.78 is 13.5. The quantitative estimate of drug-likeness (QED) is 0.141. The van der Waals surface area contributed by atoms with Gasteiger partial charge in [0, 0.05) is 68.5 Å². The van der Waals surface area contributed by atoms with Gasteiger partial charge in [0.1, 0.15) is 12.1 Å². The molecule has 0 bridgehead atoms. The van der Waals surface area contributed by atoms with Crippen LogP contribution in [0.15, 0.2) is 187 Å². The van der Waals surface area contributed by atoms with Crippen LogP contribution in [0.2, 0.25) is 0 Å². The van der Waals surface area contributed by atoms with E-state index in [0.717, 1.165) is 81.8 Å². The van der Waals surface area contributed by atoms with Crippen LogP contribution in [0.5, 0.6) is 0 Å². The molecule has 0 spiro atoms. The van der Waals surface area contributed by atoms with Gasteiger partial charge in [0.2, 0.25) is 0 Å². The van der Waals surface area contributed by atoms with Crippen molar-refractivity contribution in [2.75, 3.05) is 10.6 Å². The minimum atomic E-state index is -0.468. The summed E-state index contributed by atoms with van der Waals surface area (Å²) >= 11 is 3.37. The van der Waals surface area contributed by atoms with E-state index in [-0.39, 0.29) is 19.5 Å².